The second kappa shape index (κ2) is 10.1. The molecule has 25 heavy (non-hydrogen) atoms. The van der Waals surface area contributed by atoms with Crippen LogP contribution in [0, 0.1) is 35.5 Å². The smallest absolute Gasteiger partial charge is 0.306 e. The van der Waals surface area contributed by atoms with E-state index in [4.69, 9.17) is 9.94 Å². The highest BCUT2D eigenvalue weighted by molar-refractivity contribution is 5.78. The molecule has 1 amide bonds. The minimum atomic E-state index is -0.606. The Hall–Kier alpha value is -1.10. The average Bonchev–Trinajstić information content (AvgIpc) is 2.44. The number of hydroxylamine groups is 2. The van der Waals surface area contributed by atoms with Crippen LogP contribution in [-0.2, 0) is 14.4 Å². The van der Waals surface area contributed by atoms with Crippen LogP contribution in [0.5, 0.6) is 0 Å². The Morgan fingerprint density at radius 1 is 0.960 bits per heavy atom. The lowest BCUT2D eigenvalue weighted by atomic mass is 9.71. The second-order valence-electron chi connectivity index (χ2n) is 8.68. The molecule has 2 rings (SSSR count). The number of carboxylic acid groups (broad SMARTS) is 1. The predicted octanol–water partition coefficient (Wildman–Crippen LogP) is 4.22. The van der Waals surface area contributed by atoms with Gasteiger partial charge in [0.15, 0.2) is 0 Å². The number of carbonyl (C=O) groups excluding carboxylic acids is 1. The zero-order valence-corrected chi connectivity index (χ0v) is 16.8. The monoisotopic (exact) mass is 355 g/mol. The molecule has 5 heteroatoms. The third kappa shape index (κ3) is 7.35. The van der Waals surface area contributed by atoms with Crippen molar-refractivity contribution in [1.29, 1.82) is 0 Å². The second-order valence-corrected chi connectivity index (χ2v) is 8.68. The first-order valence-corrected chi connectivity index (χ1v) is 9.68. The van der Waals surface area contributed by atoms with Crippen LogP contribution in [0.15, 0.2) is 0 Å². The maximum absolute atomic E-state index is 11.6. The molecular formula is C20H37NO4. The minimum absolute atomic E-state index is 0.0289. The van der Waals surface area contributed by atoms with E-state index in [0.717, 1.165) is 43.4 Å². The van der Waals surface area contributed by atoms with Crippen molar-refractivity contribution in [2.24, 2.45) is 35.5 Å². The van der Waals surface area contributed by atoms with Crippen molar-refractivity contribution in [1.82, 2.24) is 5.06 Å². The summed E-state index contributed by atoms with van der Waals surface area (Å²) in [5.74, 6) is 2.62. The molecule has 2 saturated carbocycles. The fourth-order valence-corrected chi connectivity index (χ4v) is 3.94. The van der Waals surface area contributed by atoms with Gasteiger partial charge in [0.25, 0.3) is 0 Å². The first-order chi connectivity index (χ1) is 11.6. The Morgan fingerprint density at radius 2 is 1.36 bits per heavy atom. The summed E-state index contributed by atoms with van der Waals surface area (Å²) < 4.78 is 0. The largest absolute Gasteiger partial charge is 0.481 e. The van der Waals surface area contributed by atoms with Gasteiger partial charge in [0.2, 0.25) is 5.91 Å². The lowest BCUT2D eigenvalue weighted by Crippen LogP contribution is -2.39. The van der Waals surface area contributed by atoms with Gasteiger partial charge in [-0.05, 0) is 62.2 Å². The van der Waals surface area contributed by atoms with E-state index >= 15 is 0 Å². The van der Waals surface area contributed by atoms with Gasteiger partial charge in [-0.25, -0.2) is 5.06 Å². The molecule has 2 fully saturated rings. The highest BCUT2D eigenvalue weighted by atomic mass is 16.7. The topological polar surface area (TPSA) is 66.8 Å². The molecule has 0 radical (unpaired) electrons. The van der Waals surface area contributed by atoms with Gasteiger partial charge in [0.1, 0.15) is 0 Å². The highest BCUT2D eigenvalue weighted by Gasteiger charge is 2.36. The molecule has 2 aliphatic carbocycles. The summed E-state index contributed by atoms with van der Waals surface area (Å²) in [5, 5.41) is 9.93. The first kappa shape index (κ1) is 21.9. The summed E-state index contributed by atoms with van der Waals surface area (Å²) in [6, 6.07) is 0. The van der Waals surface area contributed by atoms with Crippen LogP contribution < -0.4 is 0 Å². The Bertz CT molecular complexity index is 423. The number of rotatable bonds is 7. The van der Waals surface area contributed by atoms with Gasteiger partial charge in [-0.1, -0.05) is 27.7 Å². The van der Waals surface area contributed by atoms with Crippen molar-refractivity contribution >= 4 is 11.9 Å². The molecule has 0 aromatic heterocycles. The van der Waals surface area contributed by atoms with Crippen LogP contribution in [0.2, 0.25) is 0 Å². The number of amides is 1. The molecular weight excluding hydrogens is 318 g/mol. The van der Waals surface area contributed by atoms with E-state index in [9.17, 15) is 9.59 Å². The zero-order valence-electron chi connectivity index (χ0n) is 16.8. The SMILES string of the molecule is CC(C)CC1CC(C(=O)O)C1.CON(C)C(=O)C1CC(CC(C)C)C1. The third-order valence-corrected chi connectivity index (χ3v) is 5.36. The van der Waals surface area contributed by atoms with Crippen LogP contribution in [0.25, 0.3) is 0 Å². The quantitative estimate of drug-likeness (QED) is 0.694. The molecule has 0 aliphatic heterocycles. The van der Waals surface area contributed by atoms with Gasteiger partial charge in [-0.2, -0.15) is 0 Å². The summed E-state index contributed by atoms with van der Waals surface area (Å²) in [5.41, 5.74) is 0. The molecule has 146 valence electrons. The van der Waals surface area contributed by atoms with Crippen molar-refractivity contribution in [3.05, 3.63) is 0 Å². The zero-order chi connectivity index (χ0) is 19.1. The Balaban J connectivity index is 0.000000257. The van der Waals surface area contributed by atoms with Gasteiger partial charge in [0, 0.05) is 13.0 Å². The Morgan fingerprint density at radius 3 is 1.68 bits per heavy atom. The maximum atomic E-state index is 11.6. The molecule has 0 bridgehead atoms. The lowest BCUT2D eigenvalue weighted by Gasteiger charge is -2.36. The van der Waals surface area contributed by atoms with E-state index in [-0.39, 0.29) is 17.7 Å². The van der Waals surface area contributed by atoms with Gasteiger partial charge in [-0.3, -0.25) is 14.4 Å². The molecule has 0 spiro atoms. The van der Waals surface area contributed by atoms with Crippen LogP contribution in [0.1, 0.15) is 66.2 Å². The molecule has 0 aromatic carbocycles. The predicted molar refractivity (Wildman–Crippen MR) is 98.8 cm³/mol. The van der Waals surface area contributed by atoms with Crippen molar-refractivity contribution in [3.8, 4) is 0 Å². The molecule has 0 aromatic rings. The summed E-state index contributed by atoms with van der Waals surface area (Å²) >= 11 is 0. The van der Waals surface area contributed by atoms with Gasteiger partial charge < -0.3 is 5.11 Å². The number of aliphatic carboxylic acids is 1. The number of nitrogens with zero attached hydrogens (tertiary/aromatic N) is 1. The number of carbonyl (C=O) groups is 2. The summed E-state index contributed by atoms with van der Waals surface area (Å²) in [7, 11) is 3.21. The van der Waals surface area contributed by atoms with Crippen LogP contribution in [0.3, 0.4) is 0 Å². The van der Waals surface area contributed by atoms with Crippen molar-refractivity contribution in [2.75, 3.05) is 14.2 Å². The molecule has 1 N–H and O–H groups in total. The fourth-order valence-electron chi connectivity index (χ4n) is 3.94. The molecule has 0 atom stereocenters. The van der Waals surface area contributed by atoms with Crippen LogP contribution >= 0.6 is 0 Å². The number of carboxylic acids is 1. The summed E-state index contributed by atoms with van der Waals surface area (Å²) in [6.07, 6.45) is 6.36. The van der Waals surface area contributed by atoms with Crippen LogP contribution in [-0.4, -0.2) is 36.2 Å². The maximum Gasteiger partial charge on any atom is 0.306 e. The van der Waals surface area contributed by atoms with E-state index in [1.165, 1.54) is 25.0 Å². The summed E-state index contributed by atoms with van der Waals surface area (Å²) in [6.45, 7) is 8.84. The van der Waals surface area contributed by atoms with E-state index in [1.54, 1.807) is 7.05 Å². The third-order valence-electron chi connectivity index (χ3n) is 5.36. The highest BCUT2D eigenvalue weighted by Crippen LogP contribution is 2.39. The summed E-state index contributed by atoms with van der Waals surface area (Å²) in [4.78, 5) is 26.9. The van der Waals surface area contributed by atoms with Gasteiger partial charge in [-0.15, -0.1) is 0 Å². The molecule has 2 aliphatic rings. The normalized spacial score (nSPS) is 27.8. The minimum Gasteiger partial charge on any atom is -0.481 e. The Labute approximate surface area is 153 Å². The molecule has 0 heterocycles. The number of hydrogen-bond donors (Lipinski definition) is 1. The molecule has 5 nitrogen and oxygen atoms in total. The standard InChI is InChI=1S/C11H21NO2.C9H16O2/c1-8(2)5-9-6-10(7-9)11(13)12(3)14-4;1-6(2)3-7-4-8(5-7)9(10)11/h8-10H,5-7H2,1-4H3;6-8H,3-5H2,1-2H3,(H,10,11). The lowest BCUT2D eigenvalue weighted by molar-refractivity contribution is -0.178. The van der Waals surface area contributed by atoms with E-state index in [2.05, 4.69) is 27.7 Å². The van der Waals surface area contributed by atoms with Crippen LogP contribution in [0.4, 0.5) is 0 Å². The molecule has 0 saturated heterocycles. The van der Waals surface area contributed by atoms with E-state index in [0.29, 0.717) is 5.92 Å². The van der Waals surface area contributed by atoms with Gasteiger partial charge >= 0.3 is 5.97 Å². The van der Waals surface area contributed by atoms with Gasteiger partial charge in [0.05, 0.1) is 13.0 Å². The first-order valence-electron chi connectivity index (χ1n) is 9.68. The average molecular weight is 356 g/mol. The fraction of sp³-hybridized carbons (Fsp3) is 0.900. The van der Waals surface area contributed by atoms with Crippen molar-refractivity contribution in [3.63, 3.8) is 0 Å². The van der Waals surface area contributed by atoms with Crippen molar-refractivity contribution < 1.29 is 19.5 Å². The Kier molecular flexibility index (Phi) is 8.91. The molecule has 0 unspecified atom stereocenters. The van der Waals surface area contributed by atoms with E-state index < -0.39 is 5.97 Å². The van der Waals surface area contributed by atoms with Crippen molar-refractivity contribution in [2.45, 2.75) is 66.2 Å². The number of hydrogen-bond acceptors (Lipinski definition) is 3. The van der Waals surface area contributed by atoms with E-state index in [1.807, 2.05) is 0 Å².